The van der Waals surface area contributed by atoms with E-state index in [9.17, 15) is 0 Å². The highest BCUT2D eigenvalue weighted by Crippen LogP contribution is 2.42. The summed E-state index contributed by atoms with van der Waals surface area (Å²) < 4.78 is 10.3. The monoisotopic (exact) mass is 395 g/mol. The first kappa shape index (κ1) is 20.9. The number of hydrogen-bond donors (Lipinski definition) is 0. The molecule has 1 rings (SSSR count). The molecule has 7 heteroatoms. The minimum Gasteiger partial charge on any atom is -0.475 e. The number of alkyl halides is 3. The maximum Gasteiger partial charge on any atom is 0.266 e. The molecule has 1 heterocycles. The summed E-state index contributed by atoms with van der Waals surface area (Å²) in [4.78, 5) is 4.48. The Bertz CT molecular complexity index is 529. The van der Waals surface area contributed by atoms with Gasteiger partial charge in [-0.1, -0.05) is 61.7 Å². The van der Waals surface area contributed by atoms with Crippen LogP contribution in [0.2, 0.25) is 18.1 Å². The molecule has 0 radical (unpaired) electrons. The third-order valence-electron chi connectivity index (χ3n) is 4.45. The van der Waals surface area contributed by atoms with Crippen LogP contribution in [0.1, 0.15) is 27.2 Å². The second-order valence-electron chi connectivity index (χ2n) is 7.17. The zero-order valence-electron chi connectivity index (χ0n) is 14.3. The second-order valence-corrected chi connectivity index (χ2v) is 14.2. The molecule has 0 N–H and O–H groups in total. The number of hydrogen-bond acceptors (Lipinski definition) is 3. The molecule has 0 aromatic rings. The molecule has 0 aromatic heterocycles. The quantitative estimate of drug-likeness (QED) is 0.279. The largest absolute Gasteiger partial charge is 0.475 e. The van der Waals surface area contributed by atoms with Gasteiger partial charge in [-0.25, -0.2) is 4.99 Å². The summed E-state index contributed by atoms with van der Waals surface area (Å²) >= 11 is 17.6. The maximum atomic E-state index is 6.49. The van der Waals surface area contributed by atoms with Gasteiger partial charge in [-0.2, -0.15) is 0 Å². The Kier molecular flexibility index (Phi) is 6.33. The average molecular weight is 397 g/mol. The van der Waals surface area contributed by atoms with Gasteiger partial charge in [0.15, 0.2) is 8.32 Å². The molecule has 0 saturated carbocycles. The minimum atomic E-state index is -2.07. The lowest BCUT2D eigenvalue weighted by atomic mass is 9.92. The molecule has 0 aromatic carbocycles. The lowest BCUT2D eigenvalue weighted by Crippen LogP contribution is -2.51. The number of aliphatic imine (C=N–C) groups is 1. The van der Waals surface area contributed by atoms with Gasteiger partial charge in [0, 0.05) is 6.42 Å². The van der Waals surface area contributed by atoms with Gasteiger partial charge in [0.05, 0.1) is 6.10 Å². The van der Waals surface area contributed by atoms with Crippen molar-refractivity contribution in [3.63, 3.8) is 0 Å². The summed E-state index contributed by atoms with van der Waals surface area (Å²) in [5, 5.41) is 0.0312. The number of rotatable bonds is 5. The van der Waals surface area contributed by atoms with E-state index in [1.807, 2.05) is 0 Å². The van der Waals surface area contributed by atoms with Gasteiger partial charge in [-0.3, -0.25) is 0 Å². The highest BCUT2D eigenvalue weighted by molar-refractivity contribution is 6.76. The third-order valence-corrected chi connectivity index (χ3v) is 9.42. The fourth-order valence-electron chi connectivity index (χ4n) is 1.94. The highest BCUT2D eigenvalue weighted by atomic mass is 35.6. The Hall–Kier alpha value is -0.183. The molecule has 1 aliphatic rings. The molecule has 0 saturated heterocycles. The van der Waals surface area contributed by atoms with Crippen molar-refractivity contribution < 1.29 is 9.16 Å². The fourth-order valence-corrected chi connectivity index (χ4v) is 3.59. The fraction of sp³-hybridized carbons (Fsp3) is 0.688. The lowest BCUT2D eigenvalue weighted by Gasteiger charge is -2.42. The predicted molar refractivity (Wildman–Crippen MR) is 102 cm³/mol. The summed E-state index contributed by atoms with van der Waals surface area (Å²) in [7, 11) is -2.07. The summed E-state index contributed by atoms with van der Waals surface area (Å²) in [6.07, 6.45) is 7.21. The molecular weight excluding hydrogens is 373 g/mol. The van der Waals surface area contributed by atoms with Crippen molar-refractivity contribution in [2.24, 2.45) is 4.99 Å². The molecule has 0 spiro atoms. The normalized spacial score (nSPS) is 23.7. The average Bonchev–Trinajstić information content (AvgIpc) is 2.82. The zero-order valence-corrected chi connectivity index (χ0v) is 17.5. The maximum absolute atomic E-state index is 6.49. The van der Waals surface area contributed by atoms with E-state index in [0.29, 0.717) is 6.42 Å². The van der Waals surface area contributed by atoms with Gasteiger partial charge in [-0.15, -0.1) is 18.9 Å². The van der Waals surface area contributed by atoms with E-state index in [2.05, 4.69) is 51.4 Å². The molecular formula is C16H24Cl3NO2Si. The van der Waals surface area contributed by atoms with Crippen LogP contribution in [0, 0.1) is 12.3 Å². The molecule has 3 nitrogen and oxygen atoms in total. The van der Waals surface area contributed by atoms with E-state index >= 15 is 0 Å². The lowest BCUT2D eigenvalue weighted by molar-refractivity contribution is 0.104. The second kappa shape index (κ2) is 6.97. The van der Waals surface area contributed by atoms with E-state index in [4.69, 9.17) is 50.4 Å². The van der Waals surface area contributed by atoms with Crippen molar-refractivity contribution in [3.05, 3.63) is 12.7 Å². The molecule has 0 amide bonds. The van der Waals surface area contributed by atoms with Crippen molar-refractivity contribution >= 4 is 49.0 Å². The molecule has 130 valence electrons. The highest BCUT2D eigenvalue weighted by Gasteiger charge is 2.50. The minimum absolute atomic E-state index is 0.0312. The van der Waals surface area contributed by atoms with Gasteiger partial charge in [0.2, 0.25) is 5.90 Å². The van der Waals surface area contributed by atoms with Crippen molar-refractivity contribution in [2.75, 3.05) is 6.61 Å². The van der Waals surface area contributed by atoms with Crippen LogP contribution in [0.25, 0.3) is 0 Å². The number of nitrogens with zero attached hydrogens (tertiary/aromatic N) is 1. The number of terminal acetylenes is 1. The van der Waals surface area contributed by atoms with E-state index < -0.39 is 17.6 Å². The first-order valence-corrected chi connectivity index (χ1v) is 11.4. The Labute approximate surface area is 155 Å². The van der Waals surface area contributed by atoms with Gasteiger partial charge < -0.3 is 9.16 Å². The van der Waals surface area contributed by atoms with E-state index in [0.717, 1.165) is 0 Å². The van der Waals surface area contributed by atoms with Gasteiger partial charge in [0.1, 0.15) is 12.1 Å². The standard InChI is InChI=1S/C16H24Cl3NO2Si/c1-8-10-12(22-23(6,7)14(3,4)5)15(9-2)11-21-13(20-15)16(17,18)19/h1,9,12H,2,10-11H2,3-7H3/t12-,15-/m1/s1. The Morgan fingerprint density at radius 2 is 2.04 bits per heavy atom. The van der Waals surface area contributed by atoms with Crippen LogP contribution in [0.3, 0.4) is 0 Å². The molecule has 0 unspecified atom stereocenters. The Morgan fingerprint density at radius 3 is 2.39 bits per heavy atom. The Morgan fingerprint density at radius 1 is 1.48 bits per heavy atom. The van der Waals surface area contributed by atoms with Crippen molar-refractivity contribution in [3.8, 4) is 12.3 Å². The summed E-state index contributed by atoms with van der Waals surface area (Å²) in [5.74, 6) is 2.70. The van der Waals surface area contributed by atoms with Crippen LogP contribution >= 0.6 is 34.8 Å². The smallest absolute Gasteiger partial charge is 0.266 e. The van der Waals surface area contributed by atoms with Crippen LogP contribution in [0.5, 0.6) is 0 Å². The molecule has 1 aliphatic heterocycles. The molecule has 23 heavy (non-hydrogen) atoms. The topological polar surface area (TPSA) is 30.8 Å². The first-order chi connectivity index (χ1) is 10.3. The summed E-state index contributed by atoms with van der Waals surface area (Å²) in [5.41, 5.74) is -0.846. The summed E-state index contributed by atoms with van der Waals surface area (Å²) in [6, 6.07) is 0. The number of halogens is 3. The molecule has 0 fully saturated rings. The van der Waals surface area contributed by atoms with Crippen molar-refractivity contribution in [1.29, 1.82) is 0 Å². The van der Waals surface area contributed by atoms with Gasteiger partial charge in [0.25, 0.3) is 3.79 Å². The van der Waals surface area contributed by atoms with Crippen LogP contribution < -0.4 is 0 Å². The Balaban J connectivity index is 3.21. The van der Waals surface area contributed by atoms with E-state index in [1.54, 1.807) is 6.08 Å². The van der Waals surface area contributed by atoms with E-state index in [1.165, 1.54) is 0 Å². The number of ether oxygens (including phenoxy) is 1. The van der Waals surface area contributed by atoms with Crippen LogP contribution in [-0.4, -0.2) is 36.3 Å². The molecule has 0 bridgehead atoms. The van der Waals surface area contributed by atoms with Crippen molar-refractivity contribution in [1.82, 2.24) is 0 Å². The first-order valence-electron chi connectivity index (χ1n) is 7.34. The molecule has 2 atom stereocenters. The predicted octanol–water partition coefficient (Wildman–Crippen LogP) is 5.12. The third kappa shape index (κ3) is 4.67. The van der Waals surface area contributed by atoms with E-state index in [-0.39, 0.29) is 23.6 Å². The summed E-state index contributed by atoms with van der Waals surface area (Å²) in [6.45, 7) is 14.9. The van der Waals surface area contributed by atoms with Crippen LogP contribution in [-0.2, 0) is 9.16 Å². The zero-order chi connectivity index (χ0) is 18.1. The van der Waals surface area contributed by atoms with Crippen molar-refractivity contribution in [2.45, 2.75) is 60.8 Å². The van der Waals surface area contributed by atoms with Crippen LogP contribution in [0.4, 0.5) is 0 Å². The van der Waals surface area contributed by atoms with Gasteiger partial charge >= 0.3 is 0 Å². The van der Waals surface area contributed by atoms with Gasteiger partial charge in [-0.05, 0) is 18.1 Å². The molecule has 0 aliphatic carbocycles. The van der Waals surface area contributed by atoms with Crippen LogP contribution in [0.15, 0.2) is 17.6 Å². The SMILES string of the molecule is C#CC[C@@H](O[Si](C)(C)C(C)(C)C)[C@@]1(C=C)COC(C(Cl)(Cl)Cl)=N1.